The number of carboxylic acid groups (broad SMARTS) is 1. The summed E-state index contributed by atoms with van der Waals surface area (Å²) in [7, 11) is -3.88. The van der Waals surface area contributed by atoms with Gasteiger partial charge in [0.15, 0.2) is 0 Å². The number of carbonyl (C=O) groups is 2. The Balaban J connectivity index is 2.27. The predicted molar refractivity (Wildman–Crippen MR) is 120 cm³/mol. The van der Waals surface area contributed by atoms with Gasteiger partial charge in [-0.15, -0.1) is 0 Å². The number of hydrogen-bond donors (Lipinski definition) is 2. The third-order valence-electron chi connectivity index (χ3n) is 4.47. The molecule has 0 aromatic heterocycles. The maximum absolute atomic E-state index is 14.3. The van der Waals surface area contributed by atoms with E-state index in [9.17, 15) is 19.3 Å². The van der Waals surface area contributed by atoms with Crippen LogP contribution in [0.4, 0.5) is 0 Å². The van der Waals surface area contributed by atoms with Crippen molar-refractivity contribution in [1.82, 2.24) is 5.32 Å². The third-order valence-corrected chi connectivity index (χ3v) is 7.14. The van der Waals surface area contributed by atoms with Gasteiger partial charge in [-0.1, -0.05) is 66.7 Å². The van der Waals surface area contributed by atoms with Gasteiger partial charge in [0.2, 0.25) is 0 Å². The molecule has 0 radical (unpaired) electrons. The number of amides is 1. The maximum Gasteiger partial charge on any atom is 0.353 e. The fourth-order valence-corrected chi connectivity index (χ4v) is 5.52. The van der Waals surface area contributed by atoms with Crippen LogP contribution in [-0.4, -0.2) is 23.6 Å². The lowest BCUT2D eigenvalue weighted by Gasteiger charge is -2.24. The number of benzene rings is 3. The van der Waals surface area contributed by atoms with E-state index >= 15 is 0 Å². The molecule has 31 heavy (non-hydrogen) atoms. The highest BCUT2D eigenvalue weighted by Crippen LogP contribution is 2.59. The van der Waals surface area contributed by atoms with Crippen LogP contribution in [0.5, 0.6) is 0 Å². The lowest BCUT2D eigenvalue weighted by Crippen LogP contribution is -2.29. The summed E-state index contributed by atoms with van der Waals surface area (Å²) in [4.78, 5) is 25.1. The SMILES string of the molecule is CCO[P@](=O)(/C(=C(\NC(=O)c1ccccc1)C(=O)O)c1ccccc1)c1ccccc1. The number of carboxylic acids is 1. The van der Waals surface area contributed by atoms with E-state index in [-0.39, 0.29) is 17.5 Å². The molecule has 3 rings (SSSR count). The normalized spacial score (nSPS) is 13.6. The fraction of sp³-hybridized carbons (Fsp3) is 0.0833. The lowest BCUT2D eigenvalue weighted by atomic mass is 10.1. The van der Waals surface area contributed by atoms with E-state index in [1.165, 1.54) is 0 Å². The summed E-state index contributed by atoms with van der Waals surface area (Å²) >= 11 is 0. The molecule has 6 nitrogen and oxygen atoms in total. The van der Waals surface area contributed by atoms with Crippen molar-refractivity contribution in [3.05, 3.63) is 108 Å². The Bertz CT molecular complexity index is 1130. The molecule has 0 heterocycles. The molecule has 0 fully saturated rings. The summed E-state index contributed by atoms with van der Waals surface area (Å²) < 4.78 is 20.0. The predicted octanol–water partition coefficient (Wildman–Crippen LogP) is 4.51. The molecular formula is C24H22NO5P. The molecule has 0 aliphatic rings. The van der Waals surface area contributed by atoms with Crippen molar-refractivity contribution in [2.45, 2.75) is 6.92 Å². The summed E-state index contributed by atoms with van der Waals surface area (Å²) in [5.74, 6) is -2.04. The monoisotopic (exact) mass is 435 g/mol. The van der Waals surface area contributed by atoms with Gasteiger partial charge in [-0.05, 0) is 36.8 Å². The van der Waals surface area contributed by atoms with E-state index in [2.05, 4.69) is 5.32 Å². The van der Waals surface area contributed by atoms with Crippen LogP contribution in [0.1, 0.15) is 22.8 Å². The summed E-state index contributed by atoms with van der Waals surface area (Å²) in [5.41, 5.74) is 0.175. The smallest absolute Gasteiger partial charge is 0.353 e. The van der Waals surface area contributed by atoms with Gasteiger partial charge >= 0.3 is 5.97 Å². The summed E-state index contributed by atoms with van der Waals surface area (Å²) in [6, 6.07) is 25.1. The molecule has 0 aliphatic heterocycles. The molecule has 1 atom stereocenters. The van der Waals surface area contributed by atoms with Crippen molar-refractivity contribution in [1.29, 1.82) is 0 Å². The van der Waals surface area contributed by atoms with Crippen molar-refractivity contribution in [2.75, 3.05) is 6.61 Å². The van der Waals surface area contributed by atoms with Crippen LogP contribution in [-0.2, 0) is 13.9 Å². The van der Waals surface area contributed by atoms with Crippen LogP contribution < -0.4 is 10.6 Å². The Labute approximate surface area is 180 Å². The van der Waals surface area contributed by atoms with Crippen molar-refractivity contribution >= 4 is 29.9 Å². The highest BCUT2D eigenvalue weighted by atomic mass is 31.2. The minimum absolute atomic E-state index is 0.0714. The van der Waals surface area contributed by atoms with E-state index in [4.69, 9.17) is 4.52 Å². The molecule has 3 aromatic carbocycles. The molecule has 0 saturated carbocycles. The van der Waals surface area contributed by atoms with Gasteiger partial charge in [0.25, 0.3) is 13.3 Å². The second kappa shape index (κ2) is 10.0. The van der Waals surface area contributed by atoms with Crippen molar-refractivity contribution in [3.8, 4) is 0 Å². The number of nitrogens with one attached hydrogen (secondary N) is 1. The molecule has 0 spiro atoms. The van der Waals surface area contributed by atoms with Crippen LogP contribution in [0.15, 0.2) is 96.7 Å². The van der Waals surface area contributed by atoms with E-state index < -0.39 is 24.9 Å². The summed E-state index contributed by atoms with van der Waals surface area (Å²) in [6.45, 7) is 1.77. The van der Waals surface area contributed by atoms with Gasteiger partial charge in [-0.2, -0.15) is 0 Å². The zero-order valence-electron chi connectivity index (χ0n) is 16.9. The van der Waals surface area contributed by atoms with E-state index in [1.807, 2.05) is 0 Å². The summed E-state index contributed by atoms with van der Waals surface area (Å²) in [5, 5.41) is 12.7. The topological polar surface area (TPSA) is 92.7 Å². The highest BCUT2D eigenvalue weighted by Gasteiger charge is 2.37. The average Bonchev–Trinajstić information content (AvgIpc) is 2.80. The Kier molecular flexibility index (Phi) is 7.19. The Morgan fingerprint density at radius 1 is 0.839 bits per heavy atom. The number of hydrogen-bond acceptors (Lipinski definition) is 4. The minimum atomic E-state index is -3.88. The van der Waals surface area contributed by atoms with Crippen molar-refractivity contribution in [2.24, 2.45) is 0 Å². The first kappa shape index (κ1) is 22.2. The molecule has 0 aliphatic carbocycles. The first-order chi connectivity index (χ1) is 15.0. The molecule has 3 aromatic rings. The maximum atomic E-state index is 14.3. The summed E-state index contributed by atoms with van der Waals surface area (Å²) in [6.07, 6.45) is 0. The molecular weight excluding hydrogens is 413 g/mol. The van der Waals surface area contributed by atoms with Crippen LogP contribution in [0.3, 0.4) is 0 Å². The standard InChI is InChI=1S/C24H22NO5P/c1-2-30-31(29,20-16-10-5-11-17-20)22(18-12-6-3-7-13-18)21(24(27)28)25-23(26)19-14-8-4-9-15-19/h3-17H,2H2,1H3,(H,25,26)(H,27,28)/b22-21-/t31-/m0/s1. The van der Waals surface area contributed by atoms with Crippen LogP contribution >= 0.6 is 7.37 Å². The highest BCUT2D eigenvalue weighted by molar-refractivity contribution is 7.77. The average molecular weight is 435 g/mol. The first-order valence-electron chi connectivity index (χ1n) is 9.67. The molecule has 0 saturated heterocycles. The third kappa shape index (κ3) is 5.00. The number of rotatable bonds is 8. The quantitative estimate of drug-likeness (QED) is 0.401. The zero-order chi connectivity index (χ0) is 22.3. The molecule has 158 valence electrons. The van der Waals surface area contributed by atoms with Gasteiger partial charge in [-0.25, -0.2) is 4.79 Å². The second-order valence-electron chi connectivity index (χ2n) is 6.52. The molecule has 0 unspecified atom stereocenters. The van der Waals surface area contributed by atoms with Crippen LogP contribution in [0, 0.1) is 0 Å². The first-order valence-corrected chi connectivity index (χ1v) is 11.3. The number of carbonyl (C=O) groups excluding carboxylic acids is 1. The minimum Gasteiger partial charge on any atom is -0.477 e. The van der Waals surface area contributed by atoms with Crippen molar-refractivity contribution < 1.29 is 23.8 Å². The molecule has 0 bridgehead atoms. The fourth-order valence-electron chi connectivity index (χ4n) is 3.12. The van der Waals surface area contributed by atoms with Gasteiger partial charge in [-0.3, -0.25) is 9.36 Å². The van der Waals surface area contributed by atoms with Gasteiger partial charge < -0.3 is 14.9 Å². The molecule has 7 heteroatoms. The molecule has 1 amide bonds. The van der Waals surface area contributed by atoms with E-state index in [0.717, 1.165) is 0 Å². The van der Waals surface area contributed by atoms with Crippen LogP contribution in [0.2, 0.25) is 0 Å². The molecule has 2 N–H and O–H groups in total. The number of aliphatic carboxylic acids is 1. The van der Waals surface area contributed by atoms with Crippen molar-refractivity contribution in [3.63, 3.8) is 0 Å². The second-order valence-corrected chi connectivity index (χ2v) is 8.84. The van der Waals surface area contributed by atoms with E-state index in [0.29, 0.717) is 10.9 Å². The van der Waals surface area contributed by atoms with E-state index in [1.54, 1.807) is 97.9 Å². The lowest BCUT2D eigenvalue weighted by molar-refractivity contribution is -0.132. The van der Waals surface area contributed by atoms with Gasteiger partial charge in [0.05, 0.1) is 11.9 Å². The van der Waals surface area contributed by atoms with Gasteiger partial charge in [0.1, 0.15) is 5.70 Å². The Hall–Kier alpha value is -3.47. The zero-order valence-corrected chi connectivity index (χ0v) is 17.8. The van der Waals surface area contributed by atoms with Gasteiger partial charge in [0, 0.05) is 10.9 Å². The Morgan fingerprint density at radius 3 is 1.81 bits per heavy atom. The van der Waals surface area contributed by atoms with Crippen LogP contribution in [0.25, 0.3) is 5.31 Å². The Morgan fingerprint density at radius 2 is 1.32 bits per heavy atom. The largest absolute Gasteiger partial charge is 0.477 e.